The minimum absolute atomic E-state index is 0. The van der Waals surface area contributed by atoms with Crippen molar-refractivity contribution in [2.24, 2.45) is 10.9 Å². The number of halogens is 1. The van der Waals surface area contributed by atoms with Gasteiger partial charge in [-0.05, 0) is 33.1 Å². The number of ether oxygens (including phenoxy) is 1. The summed E-state index contributed by atoms with van der Waals surface area (Å²) in [6, 6.07) is 0. The Morgan fingerprint density at radius 3 is 2.90 bits per heavy atom. The molecule has 0 bridgehead atoms. The highest BCUT2D eigenvalue weighted by atomic mass is 127. The average Bonchev–Trinajstić information content (AvgIpc) is 2.48. The van der Waals surface area contributed by atoms with Crippen LogP contribution in [-0.4, -0.2) is 50.1 Å². The lowest BCUT2D eigenvalue weighted by Crippen LogP contribution is -2.48. The van der Waals surface area contributed by atoms with Crippen molar-refractivity contribution < 1.29 is 9.53 Å². The third-order valence-electron chi connectivity index (χ3n) is 3.38. The Morgan fingerprint density at radius 1 is 1.52 bits per heavy atom. The number of likely N-dealkylation sites (tertiary alicyclic amines) is 1. The Morgan fingerprint density at radius 2 is 2.29 bits per heavy atom. The molecule has 1 heterocycles. The first-order chi connectivity index (χ1) is 9.72. The fourth-order valence-corrected chi connectivity index (χ4v) is 2.39. The van der Waals surface area contributed by atoms with E-state index >= 15 is 0 Å². The van der Waals surface area contributed by atoms with E-state index in [1.807, 2.05) is 19.9 Å². The molecular formula is C15H28IN3O2. The van der Waals surface area contributed by atoms with Gasteiger partial charge in [0, 0.05) is 26.7 Å². The number of rotatable bonds is 5. The number of aliphatic imine (C=N–C) groups is 1. The van der Waals surface area contributed by atoms with Gasteiger partial charge in [0.15, 0.2) is 5.96 Å². The van der Waals surface area contributed by atoms with E-state index in [0.29, 0.717) is 13.2 Å². The molecule has 0 radical (unpaired) electrons. The van der Waals surface area contributed by atoms with Crippen molar-refractivity contribution in [2.45, 2.75) is 33.1 Å². The van der Waals surface area contributed by atoms with Crippen LogP contribution in [-0.2, 0) is 9.53 Å². The van der Waals surface area contributed by atoms with E-state index < -0.39 is 0 Å². The lowest BCUT2D eigenvalue weighted by molar-refractivity contribution is -0.149. The second-order valence-corrected chi connectivity index (χ2v) is 4.87. The molecule has 0 aromatic rings. The highest BCUT2D eigenvalue weighted by Gasteiger charge is 2.28. The number of esters is 1. The SMILES string of the molecule is CC=CCCNC(=NC)N1CCCC(C(=O)OCC)C1.I. The van der Waals surface area contributed by atoms with E-state index in [-0.39, 0.29) is 35.9 Å². The first-order valence-corrected chi connectivity index (χ1v) is 7.46. The van der Waals surface area contributed by atoms with Crippen LogP contribution in [0, 0.1) is 5.92 Å². The van der Waals surface area contributed by atoms with Crippen molar-refractivity contribution >= 4 is 35.9 Å². The van der Waals surface area contributed by atoms with Crippen LogP contribution in [0.1, 0.15) is 33.1 Å². The van der Waals surface area contributed by atoms with Gasteiger partial charge < -0.3 is 15.0 Å². The summed E-state index contributed by atoms with van der Waals surface area (Å²) in [5.74, 6) is 0.767. The molecule has 0 aromatic heterocycles. The van der Waals surface area contributed by atoms with Crippen LogP contribution in [0.3, 0.4) is 0 Å². The minimum atomic E-state index is -0.0819. The number of allylic oxidation sites excluding steroid dienone is 1. The quantitative estimate of drug-likeness (QED) is 0.189. The van der Waals surface area contributed by atoms with Crippen LogP contribution in [0.2, 0.25) is 0 Å². The maximum Gasteiger partial charge on any atom is 0.310 e. The van der Waals surface area contributed by atoms with Crippen LogP contribution in [0.5, 0.6) is 0 Å². The molecule has 0 spiro atoms. The lowest BCUT2D eigenvalue weighted by atomic mass is 9.98. The molecule has 1 aliphatic heterocycles. The Kier molecular flexibility index (Phi) is 11.4. The van der Waals surface area contributed by atoms with Gasteiger partial charge in [-0.3, -0.25) is 9.79 Å². The molecule has 5 nitrogen and oxygen atoms in total. The lowest BCUT2D eigenvalue weighted by Gasteiger charge is -2.33. The Hall–Kier alpha value is -0.790. The summed E-state index contributed by atoms with van der Waals surface area (Å²) in [5.41, 5.74) is 0. The molecule has 122 valence electrons. The number of carbonyl (C=O) groups excluding carboxylic acids is 1. The zero-order valence-electron chi connectivity index (χ0n) is 13.3. The van der Waals surface area contributed by atoms with Gasteiger partial charge in [-0.1, -0.05) is 12.2 Å². The molecule has 1 N–H and O–H groups in total. The molecule has 1 aliphatic rings. The molecule has 0 saturated carbocycles. The predicted octanol–water partition coefficient (Wildman–Crippen LogP) is 2.42. The first-order valence-electron chi connectivity index (χ1n) is 7.46. The summed E-state index contributed by atoms with van der Waals surface area (Å²) in [6.45, 7) is 6.81. The summed E-state index contributed by atoms with van der Waals surface area (Å²) in [6.07, 6.45) is 7.05. The first kappa shape index (κ1) is 20.2. The van der Waals surface area contributed by atoms with Crippen LogP contribution in [0.4, 0.5) is 0 Å². The Labute approximate surface area is 145 Å². The van der Waals surface area contributed by atoms with Crippen molar-refractivity contribution in [3.63, 3.8) is 0 Å². The average molecular weight is 409 g/mol. The minimum Gasteiger partial charge on any atom is -0.466 e. The van der Waals surface area contributed by atoms with Crippen molar-refractivity contribution in [1.29, 1.82) is 0 Å². The fourth-order valence-electron chi connectivity index (χ4n) is 2.39. The third kappa shape index (κ3) is 7.15. The molecule has 1 saturated heterocycles. The summed E-state index contributed by atoms with van der Waals surface area (Å²) in [5, 5.41) is 3.34. The van der Waals surface area contributed by atoms with E-state index in [2.05, 4.69) is 21.3 Å². The number of piperidine rings is 1. The largest absolute Gasteiger partial charge is 0.466 e. The molecular weight excluding hydrogens is 381 g/mol. The molecule has 0 amide bonds. The van der Waals surface area contributed by atoms with Crippen molar-refractivity contribution in [1.82, 2.24) is 10.2 Å². The van der Waals surface area contributed by atoms with Crippen molar-refractivity contribution in [2.75, 3.05) is 33.3 Å². The van der Waals surface area contributed by atoms with Gasteiger partial charge in [0.25, 0.3) is 0 Å². The Balaban J connectivity index is 0.00000400. The van der Waals surface area contributed by atoms with Gasteiger partial charge in [0.1, 0.15) is 0 Å². The molecule has 0 aliphatic carbocycles. The normalized spacial score (nSPS) is 19.3. The second kappa shape index (κ2) is 11.8. The second-order valence-electron chi connectivity index (χ2n) is 4.87. The van der Waals surface area contributed by atoms with Crippen molar-refractivity contribution in [3.05, 3.63) is 12.2 Å². The van der Waals surface area contributed by atoms with Gasteiger partial charge in [-0.25, -0.2) is 0 Å². The number of guanidine groups is 1. The maximum atomic E-state index is 11.8. The van der Waals surface area contributed by atoms with E-state index in [9.17, 15) is 4.79 Å². The number of hydrogen-bond donors (Lipinski definition) is 1. The molecule has 0 aromatic carbocycles. The fraction of sp³-hybridized carbons (Fsp3) is 0.733. The van der Waals surface area contributed by atoms with Gasteiger partial charge in [-0.15, -0.1) is 24.0 Å². The van der Waals surface area contributed by atoms with E-state index in [4.69, 9.17) is 4.74 Å². The van der Waals surface area contributed by atoms with Crippen LogP contribution >= 0.6 is 24.0 Å². The van der Waals surface area contributed by atoms with Crippen LogP contribution < -0.4 is 5.32 Å². The smallest absolute Gasteiger partial charge is 0.310 e. The van der Waals surface area contributed by atoms with Gasteiger partial charge in [-0.2, -0.15) is 0 Å². The molecule has 1 atom stereocenters. The highest BCUT2D eigenvalue weighted by Crippen LogP contribution is 2.17. The maximum absolute atomic E-state index is 11.8. The van der Waals surface area contributed by atoms with Crippen LogP contribution in [0.25, 0.3) is 0 Å². The predicted molar refractivity (Wildman–Crippen MR) is 97.1 cm³/mol. The molecule has 1 rings (SSSR count). The molecule has 1 unspecified atom stereocenters. The highest BCUT2D eigenvalue weighted by molar-refractivity contribution is 14.0. The number of nitrogens with one attached hydrogen (secondary N) is 1. The van der Waals surface area contributed by atoms with E-state index in [1.54, 1.807) is 7.05 Å². The number of hydrogen-bond acceptors (Lipinski definition) is 3. The number of nitrogens with zero attached hydrogens (tertiary/aromatic N) is 2. The summed E-state index contributed by atoms with van der Waals surface area (Å²) in [7, 11) is 1.78. The summed E-state index contributed by atoms with van der Waals surface area (Å²) >= 11 is 0. The summed E-state index contributed by atoms with van der Waals surface area (Å²) in [4.78, 5) is 18.3. The third-order valence-corrected chi connectivity index (χ3v) is 3.38. The molecule has 6 heteroatoms. The topological polar surface area (TPSA) is 53.9 Å². The van der Waals surface area contributed by atoms with E-state index in [0.717, 1.165) is 38.3 Å². The van der Waals surface area contributed by atoms with Gasteiger partial charge in [0.2, 0.25) is 0 Å². The molecule has 21 heavy (non-hydrogen) atoms. The Bertz CT molecular complexity index is 359. The van der Waals surface area contributed by atoms with Gasteiger partial charge >= 0.3 is 5.97 Å². The number of carbonyl (C=O) groups is 1. The van der Waals surface area contributed by atoms with Crippen molar-refractivity contribution in [3.8, 4) is 0 Å². The zero-order chi connectivity index (χ0) is 14.8. The van der Waals surface area contributed by atoms with Crippen LogP contribution in [0.15, 0.2) is 17.1 Å². The van der Waals surface area contributed by atoms with E-state index in [1.165, 1.54) is 0 Å². The summed E-state index contributed by atoms with van der Waals surface area (Å²) < 4.78 is 5.12. The zero-order valence-corrected chi connectivity index (χ0v) is 15.6. The monoisotopic (exact) mass is 409 g/mol. The van der Waals surface area contributed by atoms with Gasteiger partial charge in [0.05, 0.1) is 12.5 Å². The molecule has 1 fully saturated rings. The standard InChI is InChI=1S/C15H27N3O2.HI/c1-4-6-7-10-17-15(16-3)18-11-8-9-13(12-18)14(19)20-5-2;/h4,6,13H,5,7-12H2,1-3H3,(H,16,17);1H.